The summed E-state index contributed by atoms with van der Waals surface area (Å²) in [6, 6.07) is 59.6. The summed E-state index contributed by atoms with van der Waals surface area (Å²) in [4.78, 5) is 15.7. The fraction of sp³-hybridized carbons (Fsp3) is 0. The molecule has 5 heteroatoms. The summed E-state index contributed by atoms with van der Waals surface area (Å²) in [6.45, 7) is 0. The Morgan fingerprint density at radius 3 is 1.76 bits per heavy atom. The van der Waals surface area contributed by atoms with Crippen LogP contribution < -0.4 is 0 Å². The summed E-state index contributed by atoms with van der Waals surface area (Å²) in [5.41, 5.74) is 8.61. The van der Waals surface area contributed by atoms with Gasteiger partial charge in [0.25, 0.3) is 0 Å². The average Bonchev–Trinajstić information content (AvgIpc) is 3.75. The van der Waals surface area contributed by atoms with Crippen LogP contribution in [0.1, 0.15) is 0 Å². The monoisotopic (exact) mass is 656 g/mol. The largest absolute Gasteiger partial charge is 0.309 e. The van der Waals surface area contributed by atoms with Gasteiger partial charge in [-0.3, -0.25) is 0 Å². The number of nitrogens with zero attached hydrogens (tertiary/aromatic N) is 4. The molecule has 4 nitrogen and oxygen atoms in total. The second kappa shape index (κ2) is 11.6. The first kappa shape index (κ1) is 28.6. The Bertz CT molecular complexity index is 2850. The Hall–Kier alpha value is -6.43. The van der Waals surface area contributed by atoms with Crippen molar-refractivity contribution in [2.75, 3.05) is 0 Å². The van der Waals surface area contributed by atoms with Crippen LogP contribution in [0.25, 0.3) is 93.0 Å². The van der Waals surface area contributed by atoms with Gasteiger partial charge in [-0.25, -0.2) is 15.0 Å². The Balaban J connectivity index is 1.23. The third kappa shape index (κ3) is 4.63. The molecule has 10 rings (SSSR count). The van der Waals surface area contributed by atoms with Crippen molar-refractivity contribution in [2.24, 2.45) is 0 Å². The molecule has 0 aliphatic rings. The van der Waals surface area contributed by atoms with E-state index in [2.05, 4.69) is 168 Å². The third-order valence-corrected chi connectivity index (χ3v) is 10.7. The van der Waals surface area contributed by atoms with Gasteiger partial charge >= 0.3 is 0 Å². The van der Waals surface area contributed by atoms with Crippen molar-refractivity contribution < 1.29 is 0 Å². The van der Waals surface area contributed by atoms with E-state index in [-0.39, 0.29) is 0 Å². The van der Waals surface area contributed by atoms with E-state index in [4.69, 9.17) is 15.0 Å². The smallest absolute Gasteiger partial charge is 0.165 e. The zero-order chi connectivity index (χ0) is 33.0. The molecule has 0 N–H and O–H groups in total. The Kier molecular flexibility index (Phi) is 6.64. The topological polar surface area (TPSA) is 43.6 Å². The lowest BCUT2D eigenvalue weighted by Gasteiger charge is -2.11. The second-order valence-corrected chi connectivity index (χ2v) is 13.5. The van der Waals surface area contributed by atoms with Gasteiger partial charge in [0.05, 0.1) is 11.0 Å². The van der Waals surface area contributed by atoms with Crippen LogP contribution in [0.4, 0.5) is 0 Å². The second-order valence-electron chi connectivity index (χ2n) is 12.4. The summed E-state index contributed by atoms with van der Waals surface area (Å²) in [5.74, 6) is 1.96. The Morgan fingerprint density at radius 1 is 0.380 bits per heavy atom. The molecule has 50 heavy (non-hydrogen) atoms. The van der Waals surface area contributed by atoms with E-state index in [1.165, 1.54) is 25.7 Å². The number of benzene rings is 7. The summed E-state index contributed by atoms with van der Waals surface area (Å²) < 4.78 is 4.76. The highest BCUT2D eigenvalue weighted by Gasteiger charge is 2.21. The van der Waals surface area contributed by atoms with E-state index in [0.29, 0.717) is 17.5 Å². The maximum absolute atomic E-state index is 5.30. The van der Waals surface area contributed by atoms with Gasteiger partial charge in [0.2, 0.25) is 0 Å². The molecular weight excluding hydrogens is 629 g/mol. The minimum Gasteiger partial charge on any atom is -0.309 e. The van der Waals surface area contributed by atoms with Crippen molar-refractivity contribution in [1.29, 1.82) is 0 Å². The lowest BCUT2D eigenvalue weighted by molar-refractivity contribution is 1.08. The number of hydrogen-bond acceptors (Lipinski definition) is 4. The standard InChI is InChI=1S/C45H28N4S/c1-3-13-29(14-4-1)30-25-27-31(28-26-30)43-46-44(48-45(47-43)37-21-11-19-34-33-17-8-10-24-40(33)50-42(34)37)36-20-12-23-39-41(36)35-18-7-9-22-38(35)49(39)32-15-5-2-6-16-32/h1-28H. The first-order valence-corrected chi connectivity index (χ1v) is 17.5. The number of aromatic nitrogens is 4. The summed E-state index contributed by atoms with van der Waals surface area (Å²) in [6.07, 6.45) is 0. The first-order chi connectivity index (χ1) is 24.8. The molecule has 0 spiro atoms. The van der Waals surface area contributed by atoms with Crippen molar-refractivity contribution in [1.82, 2.24) is 19.5 Å². The molecular formula is C45H28N4S. The van der Waals surface area contributed by atoms with Gasteiger partial charge in [-0.1, -0.05) is 133 Å². The summed E-state index contributed by atoms with van der Waals surface area (Å²) >= 11 is 1.79. The number of rotatable bonds is 5. The zero-order valence-corrected chi connectivity index (χ0v) is 27.7. The molecule has 234 valence electrons. The minimum absolute atomic E-state index is 0.645. The van der Waals surface area contributed by atoms with Crippen LogP contribution >= 0.6 is 11.3 Å². The Morgan fingerprint density at radius 2 is 0.940 bits per heavy atom. The minimum atomic E-state index is 0.645. The van der Waals surface area contributed by atoms with Crippen molar-refractivity contribution >= 4 is 53.3 Å². The van der Waals surface area contributed by atoms with Crippen molar-refractivity contribution in [3.63, 3.8) is 0 Å². The van der Waals surface area contributed by atoms with Crippen LogP contribution in [0.2, 0.25) is 0 Å². The molecule has 0 fully saturated rings. The quantitative estimate of drug-likeness (QED) is 0.185. The van der Waals surface area contributed by atoms with Crippen LogP contribution in [0, 0.1) is 0 Å². The van der Waals surface area contributed by atoms with E-state index >= 15 is 0 Å². The van der Waals surface area contributed by atoms with Gasteiger partial charge in [0.1, 0.15) is 0 Å². The van der Waals surface area contributed by atoms with Crippen LogP contribution in [-0.2, 0) is 0 Å². The molecule has 0 saturated carbocycles. The van der Waals surface area contributed by atoms with Crippen LogP contribution in [0.3, 0.4) is 0 Å². The van der Waals surface area contributed by atoms with E-state index < -0.39 is 0 Å². The van der Waals surface area contributed by atoms with Gasteiger partial charge in [-0.2, -0.15) is 0 Å². The maximum atomic E-state index is 5.30. The van der Waals surface area contributed by atoms with Crippen LogP contribution in [0.15, 0.2) is 170 Å². The molecule has 10 aromatic rings. The molecule has 0 bridgehead atoms. The highest BCUT2D eigenvalue weighted by atomic mass is 32.1. The molecule has 0 aliphatic carbocycles. The molecule has 7 aromatic carbocycles. The molecule has 0 radical (unpaired) electrons. The van der Waals surface area contributed by atoms with Gasteiger partial charge in [-0.15, -0.1) is 11.3 Å². The van der Waals surface area contributed by atoms with Crippen molar-refractivity contribution in [3.8, 4) is 51.0 Å². The third-order valence-electron chi connectivity index (χ3n) is 9.48. The predicted molar refractivity (Wildman–Crippen MR) is 209 cm³/mol. The highest BCUT2D eigenvalue weighted by Crippen LogP contribution is 2.41. The van der Waals surface area contributed by atoms with Crippen LogP contribution in [0.5, 0.6) is 0 Å². The average molecular weight is 657 g/mol. The molecule has 0 atom stereocenters. The fourth-order valence-electron chi connectivity index (χ4n) is 7.17. The lowest BCUT2D eigenvalue weighted by atomic mass is 10.0. The van der Waals surface area contributed by atoms with Gasteiger partial charge in [0.15, 0.2) is 17.5 Å². The number of hydrogen-bond donors (Lipinski definition) is 0. The predicted octanol–water partition coefficient (Wildman–Crippen LogP) is 12.0. The van der Waals surface area contributed by atoms with Crippen molar-refractivity contribution in [2.45, 2.75) is 0 Å². The molecule has 3 heterocycles. The van der Waals surface area contributed by atoms with E-state index in [9.17, 15) is 0 Å². The zero-order valence-electron chi connectivity index (χ0n) is 26.9. The molecule has 0 aliphatic heterocycles. The highest BCUT2D eigenvalue weighted by molar-refractivity contribution is 7.26. The molecule has 0 unspecified atom stereocenters. The number of para-hydroxylation sites is 2. The van der Waals surface area contributed by atoms with Crippen molar-refractivity contribution in [3.05, 3.63) is 170 Å². The number of fused-ring (bicyclic) bond motifs is 6. The van der Waals surface area contributed by atoms with E-state index in [1.807, 2.05) is 6.07 Å². The van der Waals surface area contributed by atoms with E-state index in [1.54, 1.807) is 11.3 Å². The Labute approximate surface area is 292 Å². The summed E-state index contributed by atoms with van der Waals surface area (Å²) in [5, 5.41) is 4.74. The van der Waals surface area contributed by atoms with Gasteiger partial charge in [-0.05, 0) is 47.5 Å². The molecule has 0 amide bonds. The summed E-state index contributed by atoms with van der Waals surface area (Å²) in [7, 11) is 0. The molecule has 0 saturated heterocycles. The maximum Gasteiger partial charge on any atom is 0.165 e. The SMILES string of the molecule is c1ccc(-c2ccc(-c3nc(-c4cccc5c4sc4ccccc45)nc(-c4cccc5c4c4ccccc4n5-c4ccccc4)n3)cc2)cc1. The lowest BCUT2D eigenvalue weighted by Crippen LogP contribution is -2.01. The fourth-order valence-corrected chi connectivity index (χ4v) is 8.38. The molecule has 3 aromatic heterocycles. The van der Waals surface area contributed by atoms with Gasteiger partial charge in [0, 0.05) is 53.3 Å². The van der Waals surface area contributed by atoms with Gasteiger partial charge < -0.3 is 4.57 Å². The first-order valence-electron chi connectivity index (χ1n) is 16.7. The van der Waals surface area contributed by atoms with Crippen LogP contribution in [-0.4, -0.2) is 19.5 Å². The number of thiophene rings is 1. The normalized spacial score (nSPS) is 11.6. The van der Waals surface area contributed by atoms with E-state index in [0.717, 1.165) is 49.7 Å².